The molecule has 1 heterocycles. The first kappa shape index (κ1) is 9.40. The summed E-state index contributed by atoms with van der Waals surface area (Å²) in [4.78, 5) is 0. The minimum Gasteiger partial charge on any atom is -0.435 e. The molecule has 0 unspecified atom stereocenters. The Bertz CT molecular complexity index is 328. The van der Waals surface area contributed by atoms with Gasteiger partial charge in [0.1, 0.15) is 5.75 Å². The first-order valence-electron chi connectivity index (χ1n) is 4.53. The van der Waals surface area contributed by atoms with E-state index < -0.39 is 6.61 Å². The van der Waals surface area contributed by atoms with Crippen LogP contribution in [-0.4, -0.2) is 13.2 Å². The van der Waals surface area contributed by atoms with Crippen molar-refractivity contribution >= 4 is 0 Å². The molecule has 0 saturated carbocycles. The van der Waals surface area contributed by atoms with Gasteiger partial charge in [0.2, 0.25) is 0 Å². The Hall–Kier alpha value is -1.16. The highest BCUT2D eigenvalue weighted by atomic mass is 19.3. The van der Waals surface area contributed by atoms with Crippen LogP contribution in [0.4, 0.5) is 8.78 Å². The molecular formula is C10H11F2NO. The molecule has 0 saturated heterocycles. The number of ether oxygens (including phenoxy) is 1. The van der Waals surface area contributed by atoms with Crippen LogP contribution >= 0.6 is 0 Å². The van der Waals surface area contributed by atoms with Gasteiger partial charge in [-0.05, 0) is 24.6 Å². The smallest absolute Gasteiger partial charge is 0.387 e. The van der Waals surface area contributed by atoms with Crippen LogP contribution in [0.3, 0.4) is 0 Å². The van der Waals surface area contributed by atoms with Crippen LogP contribution in [0.15, 0.2) is 18.2 Å². The van der Waals surface area contributed by atoms with E-state index in [1.165, 1.54) is 0 Å². The molecule has 0 bridgehead atoms. The van der Waals surface area contributed by atoms with Gasteiger partial charge in [-0.2, -0.15) is 8.78 Å². The highest BCUT2D eigenvalue weighted by Gasteiger charge is 2.15. The number of benzene rings is 1. The second-order valence-corrected chi connectivity index (χ2v) is 3.20. The fraction of sp³-hybridized carbons (Fsp3) is 0.400. The SMILES string of the molecule is FC(F)Oc1cccc2c1CCNC2. The summed E-state index contributed by atoms with van der Waals surface area (Å²) in [7, 11) is 0. The zero-order chi connectivity index (χ0) is 9.97. The van der Waals surface area contributed by atoms with Gasteiger partial charge in [0.05, 0.1) is 0 Å². The Morgan fingerprint density at radius 2 is 2.21 bits per heavy atom. The lowest BCUT2D eigenvalue weighted by Gasteiger charge is -2.19. The van der Waals surface area contributed by atoms with E-state index in [0.717, 1.165) is 30.6 Å². The minimum absolute atomic E-state index is 0.319. The highest BCUT2D eigenvalue weighted by Crippen LogP contribution is 2.26. The monoisotopic (exact) mass is 199 g/mol. The molecule has 1 aromatic carbocycles. The normalized spacial score (nSPS) is 15.4. The average molecular weight is 199 g/mol. The summed E-state index contributed by atoms with van der Waals surface area (Å²) in [5, 5.41) is 3.18. The van der Waals surface area contributed by atoms with E-state index in [4.69, 9.17) is 0 Å². The van der Waals surface area contributed by atoms with Crippen molar-refractivity contribution in [3.05, 3.63) is 29.3 Å². The molecule has 0 spiro atoms. The van der Waals surface area contributed by atoms with Crippen molar-refractivity contribution in [2.75, 3.05) is 6.54 Å². The molecule has 76 valence electrons. The molecule has 1 N–H and O–H groups in total. The maximum absolute atomic E-state index is 12.1. The molecule has 4 heteroatoms. The zero-order valence-corrected chi connectivity index (χ0v) is 7.59. The molecule has 14 heavy (non-hydrogen) atoms. The summed E-state index contributed by atoms with van der Waals surface area (Å²) in [6, 6.07) is 5.26. The number of rotatable bonds is 2. The van der Waals surface area contributed by atoms with Crippen molar-refractivity contribution in [3.8, 4) is 5.75 Å². The van der Waals surface area contributed by atoms with Crippen molar-refractivity contribution in [1.82, 2.24) is 5.32 Å². The van der Waals surface area contributed by atoms with E-state index in [1.54, 1.807) is 12.1 Å². The van der Waals surface area contributed by atoms with Gasteiger partial charge in [0.15, 0.2) is 0 Å². The predicted octanol–water partition coefficient (Wildman–Crippen LogP) is 1.93. The van der Waals surface area contributed by atoms with Crippen molar-refractivity contribution < 1.29 is 13.5 Å². The van der Waals surface area contributed by atoms with Crippen LogP contribution < -0.4 is 10.1 Å². The molecule has 1 aliphatic rings. The van der Waals surface area contributed by atoms with E-state index in [9.17, 15) is 8.78 Å². The van der Waals surface area contributed by atoms with E-state index >= 15 is 0 Å². The number of nitrogens with one attached hydrogen (secondary N) is 1. The summed E-state index contributed by atoms with van der Waals surface area (Å²) in [5.74, 6) is 0.319. The quantitative estimate of drug-likeness (QED) is 0.785. The Morgan fingerprint density at radius 1 is 1.36 bits per heavy atom. The lowest BCUT2D eigenvalue weighted by molar-refractivity contribution is -0.0505. The van der Waals surface area contributed by atoms with Gasteiger partial charge < -0.3 is 10.1 Å². The summed E-state index contributed by atoms with van der Waals surface area (Å²) < 4.78 is 28.6. The molecule has 0 amide bonds. The molecule has 1 aliphatic heterocycles. The maximum atomic E-state index is 12.1. The summed E-state index contributed by atoms with van der Waals surface area (Å²) in [5.41, 5.74) is 1.96. The molecule has 0 radical (unpaired) electrons. The Kier molecular flexibility index (Phi) is 2.63. The van der Waals surface area contributed by atoms with Crippen LogP contribution in [0.1, 0.15) is 11.1 Å². The van der Waals surface area contributed by atoms with Crippen LogP contribution in [0.2, 0.25) is 0 Å². The minimum atomic E-state index is -2.74. The van der Waals surface area contributed by atoms with E-state index in [1.807, 2.05) is 6.07 Å². The third-order valence-corrected chi connectivity index (χ3v) is 2.31. The third kappa shape index (κ3) is 1.85. The second kappa shape index (κ2) is 3.92. The Morgan fingerprint density at radius 3 is 3.00 bits per heavy atom. The van der Waals surface area contributed by atoms with Gasteiger partial charge >= 0.3 is 6.61 Å². The van der Waals surface area contributed by atoms with Crippen LogP contribution in [-0.2, 0) is 13.0 Å². The average Bonchev–Trinajstić information content (AvgIpc) is 2.18. The molecule has 2 nitrogen and oxygen atoms in total. The van der Waals surface area contributed by atoms with Crippen LogP contribution in [0, 0.1) is 0 Å². The van der Waals surface area contributed by atoms with Gasteiger partial charge in [0.25, 0.3) is 0 Å². The molecule has 2 rings (SSSR count). The third-order valence-electron chi connectivity index (χ3n) is 2.31. The molecular weight excluding hydrogens is 188 g/mol. The lowest BCUT2D eigenvalue weighted by atomic mass is 10.0. The van der Waals surface area contributed by atoms with Crippen molar-refractivity contribution in [1.29, 1.82) is 0 Å². The Balaban J connectivity index is 2.30. The summed E-state index contributed by atoms with van der Waals surface area (Å²) >= 11 is 0. The molecule has 1 aromatic rings. The zero-order valence-electron chi connectivity index (χ0n) is 7.59. The number of halogens is 2. The molecule has 0 atom stereocenters. The van der Waals surface area contributed by atoms with Crippen LogP contribution in [0.5, 0.6) is 5.75 Å². The highest BCUT2D eigenvalue weighted by molar-refractivity contribution is 5.41. The van der Waals surface area contributed by atoms with E-state index in [2.05, 4.69) is 10.1 Å². The topological polar surface area (TPSA) is 21.3 Å². The summed E-state index contributed by atoms with van der Waals surface area (Å²) in [6.07, 6.45) is 0.748. The number of alkyl halides is 2. The number of fused-ring (bicyclic) bond motifs is 1. The first-order chi connectivity index (χ1) is 6.77. The molecule has 0 aromatic heterocycles. The summed E-state index contributed by atoms with van der Waals surface area (Å²) in [6.45, 7) is -1.19. The lowest BCUT2D eigenvalue weighted by Crippen LogP contribution is -2.24. The Labute approximate surface area is 80.9 Å². The standard InChI is InChI=1S/C10H11F2NO/c11-10(12)14-9-3-1-2-7-6-13-5-4-8(7)9/h1-3,10,13H,4-6H2. The van der Waals surface area contributed by atoms with Crippen molar-refractivity contribution in [3.63, 3.8) is 0 Å². The maximum Gasteiger partial charge on any atom is 0.387 e. The fourth-order valence-electron chi connectivity index (χ4n) is 1.70. The molecule has 0 aliphatic carbocycles. The van der Waals surface area contributed by atoms with Gasteiger partial charge in [-0.1, -0.05) is 12.1 Å². The van der Waals surface area contributed by atoms with Gasteiger partial charge in [-0.15, -0.1) is 0 Å². The van der Waals surface area contributed by atoms with Gasteiger partial charge in [-0.25, -0.2) is 0 Å². The van der Waals surface area contributed by atoms with Crippen molar-refractivity contribution in [2.24, 2.45) is 0 Å². The largest absolute Gasteiger partial charge is 0.435 e. The van der Waals surface area contributed by atoms with Crippen molar-refractivity contribution in [2.45, 2.75) is 19.6 Å². The van der Waals surface area contributed by atoms with Gasteiger partial charge in [-0.3, -0.25) is 0 Å². The fourth-order valence-corrected chi connectivity index (χ4v) is 1.70. The molecule has 0 fully saturated rings. The van der Waals surface area contributed by atoms with E-state index in [0.29, 0.717) is 5.75 Å². The van der Waals surface area contributed by atoms with E-state index in [-0.39, 0.29) is 0 Å². The van der Waals surface area contributed by atoms with Gasteiger partial charge in [0, 0.05) is 12.1 Å². The second-order valence-electron chi connectivity index (χ2n) is 3.20. The number of hydrogen-bond acceptors (Lipinski definition) is 2. The number of hydrogen-bond donors (Lipinski definition) is 1. The first-order valence-corrected chi connectivity index (χ1v) is 4.53. The predicted molar refractivity (Wildman–Crippen MR) is 48.5 cm³/mol. The van der Waals surface area contributed by atoms with Crippen LogP contribution in [0.25, 0.3) is 0 Å².